The van der Waals surface area contributed by atoms with Crippen LogP contribution in [0.25, 0.3) is 0 Å². The summed E-state index contributed by atoms with van der Waals surface area (Å²) >= 11 is 0. The number of pyridine rings is 1. The lowest BCUT2D eigenvalue weighted by Gasteiger charge is -2.16. The Balaban J connectivity index is 1.64. The second kappa shape index (κ2) is 7.75. The molecule has 8 nitrogen and oxygen atoms in total. The number of rotatable bonds is 6. The van der Waals surface area contributed by atoms with Gasteiger partial charge in [-0.2, -0.15) is 0 Å². The fourth-order valence-corrected chi connectivity index (χ4v) is 2.60. The first-order chi connectivity index (χ1) is 12.6. The number of nitrogens with zero attached hydrogens (tertiary/aromatic N) is 2. The van der Waals surface area contributed by atoms with Gasteiger partial charge in [-0.05, 0) is 43.3 Å². The van der Waals surface area contributed by atoms with Gasteiger partial charge in [0, 0.05) is 18.0 Å². The van der Waals surface area contributed by atoms with E-state index in [1.807, 2.05) is 6.92 Å². The highest BCUT2D eigenvalue weighted by atomic mass is 16.5. The molecule has 0 saturated carbocycles. The normalized spacial score (nSPS) is 16.7. The number of anilines is 1. The first kappa shape index (κ1) is 17.6. The Kier molecular flexibility index (Phi) is 5.23. The van der Waals surface area contributed by atoms with Crippen LogP contribution in [-0.4, -0.2) is 35.4 Å². The Morgan fingerprint density at radius 3 is 2.54 bits per heavy atom. The summed E-state index contributed by atoms with van der Waals surface area (Å²) < 4.78 is 5.35. The fourth-order valence-electron chi connectivity index (χ4n) is 2.60. The Hall–Kier alpha value is -3.26. The first-order valence-corrected chi connectivity index (χ1v) is 8.15. The molecule has 3 rings (SSSR count). The molecule has 1 saturated heterocycles. The molecule has 0 radical (unpaired) electrons. The maximum Gasteiger partial charge on any atom is 0.265 e. The average molecular weight is 354 g/mol. The van der Waals surface area contributed by atoms with Crippen molar-refractivity contribution in [1.29, 1.82) is 0 Å². The van der Waals surface area contributed by atoms with Crippen molar-refractivity contribution in [1.82, 2.24) is 15.8 Å². The average Bonchev–Trinajstić information content (AvgIpc) is 2.95. The van der Waals surface area contributed by atoms with Crippen LogP contribution in [0.15, 0.2) is 48.8 Å². The highest BCUT2D eigenvalue weighted by Crippen LogP contribution is 2.25. The molecule has 2 heterocycles. The Labute approximate surface area is 150 Å². The van der Waals surface area contributed by atoms with Gasteiger partial charge in [-0.25, -0.2) is 10.3 Å². The largest absolute Gasteiger partial charge is 0.494 e. The number of amides is 3. The van der Waals surface area contributed by atoms with Crippen LogP contribution in [0.3, 0.4) is 0 Å². The van der Waals surface area contributed by atoms with Crippen molar-refractivity contribution in [3.8, 4) is 5.75 Å². The number of nitrogens with one attached hydrogen (secondary N) is 2. The molecule has 3 amide bonds. The lowest BCUT2D eigenvalue weighted by atomic mass is 10.2. The molecule has 134 valence electrons. The number of imide groups is 1. The van der Waals surface area contributed by atoms with Gasteiger partial charge in [0.25, 0.3) is 11.8 Å². The molecule has 0 aliphatic carbocycles. The van der Waals surface area contributed by atoms with Crippen molar-refractivity contribution in [2.24, 2.45) is 0 Å². The van der Waals surface area contributed by atoms with E-state index < -0.39 is 17.9 Å². The van der Waals surface area contributed by atoms with Gasteiger partial charge in [0.2, 0.25) is 5.91 Å². The van der Waals surface area contributed by atoms with Gasteiger partial charge in [-0.15, -0.1) is 0 Å². The van der Waals surface area contributed by atoms with Crippen LogP contribution in [0.2, 0.25) is 0 Å². The molecule has 26 heavy (non-hydrogen) atoms. The molecule has 0 spiro atoms. The Morgan fingerprint density at radius 1 is 1.19 bits per heavy atom. The molecule has 2 N–H and O–H groups in total. The van der Waals surface area contributed by atoms with Gasteiger partial charge < -0.3 is 4.74 Å². The summed E-state index contributed by atoms with van der Waals surface area (Å²) in [5.41, 5.74) is 5.95. The molecular formula is C18H18N4O4. The van der Waals surface area contributed by atoms with Crippen molar-refractivity contribution < 1.29 is 19.1 Å². The summed E-state index contributed by atoms with van der Waals surface area (Å²) in [6, 6.07) is 8.98. The van der Waals surface area contributed by atoms with Gasteiger partial charge in [0.15, 0.2) is 0 Å². The zero-order valence-corrected chi connectivity index (χ0v) is 14.1. The summed E-state index contributed by atoms with van der Waals surface area (Å²) in [6.07, 6.45) is 2.95. The third-order valence-corrected chi connectivity index (χ3v) is 3.85. The maximum absolute atomic E-state index is 12.5. The number of hydrazine groups is 1. The second-order valence-corrected chi connectivity index (χ2v) is 5.59. The minimum absolute atomic E-state index is 0.0390. The molecule has 2 aromatic rings. The lowest BCUT2D eigenvalue weighted by molar-refractivity contribution is -0.121. The van der Waals surface area contributed by atoms with Crippen LogP contribution in [0.1, 0.15) is 23.7 Å². The highest BCUT2D eigenvalue weighted by Gasteiger charge is 2.39. The number of hydrogen-bond donors (Lipinski definition) is 2. The van der Waals surface area contributed by atoms with E-state index in [1.54, 1.807) is 36.4 Å². The van der Waals surface area contributed by atoms with Gasteiger partial charge in [-0.3, -0.25) is 24.8 Å². The predicted molar refractivity (Wildman–Crippen MR) is 93.3 cm³/mol. The van der Waals surface area contributed by atoms with Gasteiger partial charge in [0.1, 0.15) is 11.8 Å². The van der Waals surface area contributed by atoms with E-state index in [9.17, 15) is 14.4 Å². The van der Waals surface area contributed by atoms with E-state index in [2.05, 4.69) is 15.8 Å². The predicted octanol–water partition coefficient (Wildman–Crippen LogP) is 1.05. The van der Waals surface area contributed by atoms with Crippen molar-refractivity contribution in [2.45, 2.75) is 19.4 Å². The molecule has 1 aliphatic heterocycles. The van der Waals surface area contributed by atoms with Crippen LogP contribution >= 0.6 is 0 Å². The van der Waals surface area contributed by atoms with E-state index in [-0.39, 0.29) is 12.3 Å². The Morgan fingerprint density at radius 2 is 1.88 bits per heavy atom. The molecule has 0 unspecified atom stereocenters. The van der Waals surface area contributed by atoms with Crippen molar-refractivity contribution in [3.05, 3.63) is 54.4 Å². The van der Waals surface area contributed by atoms with E-state index in [4.69, 9.17) is 4.74 Å². The molecule has 8 heteroatoms. The molecule has 1 aromatic heterocycles. The van der Waals surface area contributed by atoms with Crippen molar-refractivity contribution in [3.63, 3.8) is 0 Å². The van der Waals surface area contributed by atoms with E-state index >= 15 is 0 Å². The van der Waals surface area contributed by atoms with Crippen molar-refractivity contribution in [2.75, 3.05) is 11.5 Å². The fraction of sp³-hybridized carbons (Fsp3) is 0.222. The smallest absolute Gasteiger partial charge is 0.265 e. The summed E-state index contributed by atoms with van der Waals surface area (Å²) in [4.78, 5) is 41.7. The molecule has 0 bridgehead atoms. The minimum atomic E-state index is -0.820. The standard InChI is InChI=1S/C18H18N4O4/c1-2-26-14-5-3-13(4-6-14)22-16(23)11-15(18(22)25)20-21-17(24)12-7-9-19-10-8-12/h3-10,15,20H,2,11H2,1H3,(H,21,24)/t15-/m0/s1. The van der Waals surface area contributed by atoms with Crippen LogP contribution in [0.4, 0.5) is 5.69 Å². The number of benzene rings is 1. The van der Waals surface area contributed by atoms with Crippen LogP contribution in [-0.2, 0) is 9.59 Å². The second-order valence-electron chi connectivity index (χ2n) is 5.59. The molecule has 1 fully saturated rings. The zero-order chi connectivity index (χ0) is 18.5. The third-order valence-electron chi connectivity index (χ3n) is 3.85. The van der Waals surface area contributed by atoms with Crippen LogP contribution in [0.5, 0.6) is 5.75 Å². The summed E-state index contributed by atoms with van der Waals surface area (Å²) in [5, 5.41) is 0. The quantitative estimate of drug-likeness (QED) is 0.594. The van der Waals surface area contributed by atoms with E-state index in [0.29, 0.717) is 23.6 Å². The summed E-state index contributed by atoms with van der Waals surface area (Å²) in [7, 11) is 0. The van der Waals surface area contributed by atoms with Crippen LogP contribution in [0, 0.1) is 0 Å². The zero-order valence-electron chi connectivity index (χ0n) is 14.1. The maximum atomic E-state index is 12.5. The molecule has 1 aromatic carbocycles. The third kappa shape index (κ3) is 3.70. The monoisotopic (exact) mass is 354 g/mol. The van der Waals surface area contributed by atoms with E-state index in [0.717, 1.165) is 4.90 Å². The highest BCUT2D eigenvalue weighted by molar-refractivity contribution is 6.22. The minimum Gasteiger partial charge on any atom is -0.494 e. The number of ether oxygens (including phenoxy) is 1. The van der Waals surface area contributed by atoms with Crippen molar-refractivity contribution >= 4 is 23.4 Å². The number of carbonyl (C=O) groups is 3. The van der Waals surface area contributed by atoms with E-state index in [1.165, 1.54) is 12.4 Å². The summed E-state index contributed by atoms with van der Waals surface area (Å²) in [6.45, 7) is 2.40. The first-order valence-electron chi connectivity index (χ1n) is 8.15. The van der Waals surface area contributed by atoms with Gasteiger partial charge in [-0.1, -0.05) is 0 Å². The molecule has 1 atom stereocenters. The van der Waals surface area contributed by atoms with Gasteiger partial charge in [0.05, 0.1) is 18.7 Å². The SMILES string of the molecule is CCOc1ccc(N2C(=O)C[C@H](NNC(=O)c3ccncc3)C2=O)cc1. The number of hydrogen-bond acceptors (Lipinski definition) is 6. The number of aromatic nitrogens is 1. The van der Waals surface area contributed by atoms with Gasteiger partial charge >= 0.3 is 0 Å². The Bertz CT molecular complexity index is 808. The number of carbonyl (C=O) groups excluding carboxylic acids is 3. The topological polar surface area (TPSA) is 101 Å². The summed E-state index contributed by atoms with van der Waals surface area (Å²) in [5.74, 6) is -0.509. The molecular weight excluding hydrogens is 336 g/mol. The molecule has 1 aliphatic rings. The lowest BCUT2D eigenvalue weighted by Crippen LogP contribution is -2.48. The van der Waals surface area contributed by atoms with Crippen LogP contribution < -0.4 is 20.5 Å².